The first kappa shape index (κ1) is 16.0. The molecule has 0 bridgehead atoms. The number of likely N-dealkylation sites (N-methyl/N-ethyl adjacent to an activating group) is 1. The van der Waals surface area contributed by atoms with Gasteiger partial charge in [0.15, 0.2) is 0 Å². The van der Waals surface area contributed by atoms with Gasteiger partial charge in [0.1, 0.15) is 0 Å². The summed E-state index contributed by atoms with van der Waals surface area (Å²) in [4.78, 5) is 0. The minimum atomic E-state index is 0.0448. The maximum atomic E-state index is 6.35. The summed E-state index contributed by atoms with van der Waals surface area (Å²) in [6, 6.07) is 2.70. The van der Waals surface area contributed by atoms with E-state index in [9.17, 15) is 0 Å². The van der Waals surface area contributed by atoms with E-state index in [1.165, 1.54) is 44.1 Å². The van der Waals surface area contributed by atoms with E-state index in [-0.39, 0.29) is 5.60 Å². The van der Waals surface area contributed by atoms with Crippen molar-refractivity contribution < 1.29 is 4.74 Å². The SMILES string of the molecule is CCNC(Cc1ccsc1)C1(OCC)CCCCCC1. The first-order valence-corrected chi connectivity index (χ1v) is 9.13. The third-order valence-electron chi connectivity index (χ3n) is 4.49. The van der Waals surface area contributed by atoms with Crippen LogP contribution in [0.3, 0.4) is 0 Å². The lowest BCUT2D eigenvalue weighted by atomic mass is 9.83. The number of rotatable bonds is 7. The van der Waals surface area contributed by atoms with Gasteiger partial charge in [0.25, 0.3) is 0 Å². The minimum absolute atomic E-state index is 0.0448. The van der Waals surface area contributed by atoms with Gasteiger partial charge in [-0.3, -0.25) is 0 Å². The molecule has 20 heavy (non-hydrogen) atoms. The van der Waals surface area contributed by atoms with Crippen LogP contribution >= 0.6 is 11.3 Å². The molecule has 1 aromatic rings. The summed E-state index contributed by atoms with van der Waals surface area (Å²) in [5.74, 6) is 0. The van der Waals surface area contributed by atoms with Crippen LogP contribution in [0.25, 0.3) is 0 Å². The Morgan fingerprint density at radius 3 is 2.55 bits per heavy atom. The van der Waals surface area contributed by atoms with Crippen LogP contribution in [-0.4, -0.2) is 24.8 Å². The monoisotopic (exact) mass is 295 g/mol. The first-order chi connectivity index (χ1) is 9.80. The van der Waals surface area contributed by atoms with E-state index >= 15 is 0 Å². The molecule has 0 aromatic carbocycles. The molecule has 1 saturated carbocycles. The van der Waals surface area contributed by atoms with E-state index < -0.39 is 0 Å². The van der Waals surface area contributed by atoms with Gasteiger partial charge < -0.3 is 10.1 Å². The second-order valence-corrected chi connectivity index (χ2v) is 6.64. The Bertz CT molecular complexity index is 355. The highest BCUT2D eigenvalue weighted by Crippen LogP contribution is 2.35. The Morgan fingerprint density at radius 1 is 1.25 bits per heavy atom. The molecule has 1 aliphatic carbocycles. The third-order valence-corrected chi connectivity index (χ3v) is 5.22. The van der Waals surface area contributed by atoms with Crippen molar-refractivity contribution in [1.82, 2.24) is 5.32 Å². The molecule has 1 aromatic heterocycles. The fourth-order valence-corrected chi connectivity index (χ4v) is 4.22. The average Bonchev–Trinajstić information content (AvgIpc) is 2.84. The molecule has 2 nitrogen and oxygen atoms in total. The lowest BCUT2D eigenvalue weighted by Crippen LogP contribution is -2.53. The summed E-state index contributed by atoms with van der Waals surface area (Å²) in [6.45, 7) is 6.19. The van der Waals surface area contributed by atoms with Crippen molar-refractivity contribution in [2.75, 3.05) is 13.2 Å². The molecule has 1 fully saturated rings. The lowest BCUT2D eigenvalue weighted by Gasteiger charge is -2.41. The van der Waals surface area contributed by atoms with Crippen LogP contribution in [0.15, 0.2) is 16.8 Å². The van der Waals surface area contributed by atoms with Crippen molar-refractivity contribution >= 4 is 11.3 Å². The number of ether oxygens (including phenoxy) is 1. The summed E-state index contributed by atoms with van der Waals surface area (Å²) in [6.07, 6.45) is 8.87. The van der Waals surface area contributed by atoms with Gasteiger partial charge in [0.2, 0.25) is 0 Å². The molecule has 1 atom stereocenters. The molecule has 1 aliphatic rings. The molecule has 0 aliphatic heterocycles. The molecular weight excluding hydrogens is 266 g/mol. The molecule has 0 spiro atoms. The number of hydrogen-bond acceptors (Lipinski definition) is 3. The predicted molar refractivity (Wildman–Crippen MR) is 87.5 cm³/mol. The fraction of sp³-hybridized carbons (Fsp3) is 0.765. The largest absolute Gasteiger partial charge is 0.374 e. The Kier molecular flexibility index (Phi) is 6.53. The standard InChI is InChI=1S/C17H29NOS/c1-3-18-16(13-15-9-12-20-14-15)17(19-4-2)10-7-5-6-8-11-17/h9,12,14,16,18H,3-8,10-11,13H2,1-2H3. The summed E-state index contributed by atoms with van der Waals surface area (Å²) < 4.78 is 6.35. The second-order valence-electron chi connectivity index (χ2n) is 5.86. The fourth-order valence-electron chi connectivity index (χ4n) is 3.54. The highest BCUT2D eigenvalue weighted by Gasteiger charge is 2.39. The minimum Gasteiger partial charge on any atom is -0.374 e. The number of nitrogens with one attached hydrogen (secondary N) is 1. The molecule has 0 saturated heterocycles. The summed E-state index contributed by atoms with van der Waals surface area (Å²) in [5, 5.41) is 8.18. The Morgan fingerprint density at radius 2 is 2.00 bits per heavy atom. The Balaban J connectivity index is 2.16. The second kappa shape index (κ2) is 8.16. The van der Waals surface area contributed by atoms with Gasteiger partial charge in [-0.15, -0.1) is 0 Å². The molecule has 1 unspecified atom stereocenters. The van der Waals surface area contributed by atoms with Gasteiger partial charge in [-0.1, -0.05) is 32.6 Å². The van der Waals surface area contributed by atoms with E-state index in [0.29, 0.717) is 6.04 Å². The van der Waals surface area contributed by atoms with E-state index in [1.54, 1.807) is 11.3 Å². The molecule has 1 N–H and O–H groups in total. The van der Waals surface area contributed by atoms with Crippen LogP contribution in [0.5, 0.6) is 0 Å². The maximum absolute atomic E-state index is 6.35. The Hall–Kier alpha value is -0.380. The molecule has 0 amide bonds. The smallest absolute Gasteiger partial charge is 0.0837 e. The van der Waals surface area contributed by atoms with Crippen LogP contribution in [-0.2, 0) is 11.2 Å². The maximum Gasteiger partial charge on any atom is 0.0837 e. The summed E-state index contributed by atoms with van der Waals surface area (Å²) in [7, 11) is 0. The number of thiophene rings is 1. The highest BCUT2D eigenvalue weighted by atomic mass is 32.1. The van der Waals surface area contributed by atoms with Gasteiger partial charge >= 0.3 is 0 Å². The molecule has 0 radical (unpaired) electrons. The van der Waals surface area contributed by atoms with Crippen LogP contribution in [0.1, 0.15) is 57.9 Å². The normalized spacial score (nSPS) is 20.5. The van der Waals surface area contributed by atoms with Crippen molar-refractivity contribution in [2.24, 2.45) is 0 Å². The van der Waals surface area contributed by atoms with Crippen molar-refractivity contribution in [3.8, 4) is 0 Å². The molecule has 2 rings (SSSR count). The van der Waals surface area contributed by atoms with Crippen molar-refractivity contribution in [3.63, 3.8) is 0 Å². The lowest BCUT2D eigenvalue weighted by molar-refractivity contribution is -0.0764. The quantitative estimate of drug-likeness (QED) is 0.753. The molecular formula is C17H29NOS. The van der Waals surface area contributed by atoms with Gasteiger partial charge in [0.05, 0.1) is 5.60 Å². The zero-order chi connectivity index (χ0) is 14.3. The van der Waals surface area contributed by atoms with Gasteiger partial charge in [-0.05, 0) is 55.1 Å². The highest BCUT2D eigenvalue weighted by molar-refractivity contribution is 7.07. The van der Waals surface area contributed by atoms with E-state index in [4.69, 9.17) is 4.74 Å². The van der Waals surface area contributed by atoms with Gasteiger partial charge in [-0.2, -0.15) is 11.3 Å². The summed E-state index contributed by atoms with van der Waals surface area (Å²) >= 11 is 1.79. The van der Waals surface area contributed by atoms with Crippen molar-refractivity contribution in [1.29, 1.82) is 0 Å². The van der Waals surface area contributed by atoms with E-state index in [2.05, 4.69) is 36.0 Å². The summed E-state index contributed by atoms with van der Waals surface area (Å²) in [5.41, 5.74) is 1.49. The first-order valence-electron chi connectivity index (χ1n) is 8.19. The van der Waals surface area contributed by atoms with Crippen LogP contribution in [0.4, 0.5) is 0 Å². The van der Waals surface area contributed by atoms with E-state index in [1.807, 2.05) is 0 Å². The number of hydrogen-bond donors (Lipinski definition) is 1. The zero-order valence-electron chi connectivity index (χ0n) is 13.0. The predicted octanol–water partition coefficient (Wildman–Crippen LogP) is 4.40. The van der Waals surface area contributed by atoms with Crippen LogP contribution in [0, 0.1) is 0 Å². The zero-order valence-corrected chi connectivity index (χ0v) is 13.8. The van der Waals surface area contributed by atoms with Crippen molar-refractivity contribution in [3.05, 3.63) is 22.4 Å². The van der Waals surface area contributed by atoms with Gasteiger partial charge in [-0.25, -0.2) is 0 Å². The van der Waals surface area contributed by atoms with Crippen molar-refractivity contribution in [2.45, 2.75) is 70.4 Å². The Labute approximate surface area is 127 Å². The third kappa shape index (κ3) is 4.06. The topological polar surface area (TPSA) is 21.3 Å². The molecule has 3 heteroatoms. The molecule has 114 valence electrons. The average molecular weight is 295 g/mol. The van der Waals surface area contributed by atoms with E-state index in [0.717, 1.165) is 19.6 Å². The van der Waals surface area contributed by atoms with Gasteiger partial charge in [0, 0.05) is 12.6 Å². The van der Waals surface area contributed by atoms with Crippen LogP contribution in [0.2, 0.25) is 0 Å². The molecule has 1 heterocycles. The van der Waals surface area contributed by atoms with Crippen LogP contribution < -0.4 is 5.32 Å².